The molecule has 0 aliphatic rings. The lowest BCUT2D eigenvalue weighted by Crippen LogP contribution is -2.06. The average molecular weight is 192 g/mol. The molecule has 1 aromatic heterocycles. The highest BCUT2D eigenvalue weighted by Gasteiger charge is 2.09. The van der Waals surface area contributed by atoms with Crippen LogP contribution in [0.1, 0.15) is 26.3 Å². The van der Waals surface area contributed by atoms with E-state index in [-0.39, 0.29) is 0 Å². The third-order valence-corrected chi connectivity index (χ3v) is 2.05. The molecule has 4 nitrogen and oxygen atoms in total. The number of anilines is 2. The van der Waals surface area contributed by atoms with Crippen molar-refractivity contribution in [3.05, 3.63) is 18.0 Å². The summed E-state index contributed by atoms with van der Waals surface area (Å²) in [4.78, 5) is 8.13. The van der Waals surface area contributed by atoms with Crippen LogP contribution in [0.3, 0.4) is 0 Å². The zero-order valence-electron chi connectivity index (χ0n) is 8.83. The Labute approximate surface area is 84.3 Å². The molecule has 0 fully saturated rings. The molecule has 0 saturated heterocycles. The molecule has 3 N–H and O–H groups in total. The van der Waals surface area contributed by atoms with Crippen molar-refractivity contribution < 1.29 is 0 Å². The molecule has 0 spiro atoms. The largest absolute Gasteiger partial charge is 0.383 e. The zero-order valence-corrected chi connectivity index (χ0v) is 8.83. The first-order valence-electron chi connectivity index (χ1n) is 4.68. The number of nitrogen functional groups attached to an aromatic ring is 1. The number of aromatic nitrogens is 2. The van der Waals surface area contributed by atoms with E-state index in [1.807, 2.05) is 26.8 Å². The predicted octanol–water partition coefficient (Wildman–Crippen LogP) is 1.91. The molecular weight excluding hydrogens is 176 g/mol. The van der Waals surface area contributed by atoms with Gasteiger partial charge in [-0.15, -0.1) is 0 Å². The molecule has 0 aliphatic heterocycles. The van der Waals surface area contributed by atoms with E-state index in [0.29, 0.717) is 5.82 Å². The van der Waals surface area contributed by atoms with Crippen LogP contribution in [0.15, 0.2) is 12.4 Å². The number of hydrogen-bond acceptors (Lipinski definition) is 4. The first kappa shape index (κ1) is 10.5. The standard InChI is InChI=1S/C10H16N4/c1-4-7(3)8-9(11)13-6-14-10(8)12-5-2/h4,6H,5H2,1-3H3,(H3,11,12,13,14). The summed E-state index contributed by atoms with van der Waals surface area (Å²) in [6, 6.07) is 0. The van der Waals surface area contributed by atoms with Gasteiger partial charge in [-0.3, -0.25) is 0 Å². The minimum Gasteiger partial charge on any atom is -0.383 e. The Hall–Kier alpha value is -1.58. The van der Waals surface area contributed by atoms with E-state index in [2.05, 4.69) is 15.3 Å². The van der Waals surface area contributed by atoms with E-state index < -0.39 is 0 Å². The maximum Gasteiger partial charge on any atom is 0.139 e. The van der Waals surface area contributed by atoms with Gasteiger partial charge in [0.2, 0.25) is 0 Å². The number of nitrogens with zero attached hydrogens (tertiary/aromatic N) is 2. The third kappa shape index (κ3) is 2.02. The fraction of sp³-hybridized carbons (Fsp3) is 0.400. The Bertz CT molecular complexity index is 344. The van der Waals surface area contributed by atoms with E-state index in [0.717, 1.165) is 23.5 Å². The van der Waals surface area contributed by atoms with E-state index in [4.69, 9.17) is 5.73 Å². The topological polar surface area (TPSA) is 63.8 Å². The molecule has 0 saturated carbocycles. The monoisotopic (exact) mass is 192 g/mol. The fourth-order valence-corrected chi connectivity index (χ4v) is 1.23. The van der Waals surface area contributed by atoms with Gasteiger partial charge in [-0.1, -0.05) is 6.08 Å². The molecule has 1 heterocycles. The van der Waals surface area contributed by atoms with Crippen LogP contribution in [0.25, 0.3) is 5.57 Å². The highest BCUT2D eigenvalue weighted by atomic mass is 15.0. The highest BCUT2D eigenvalue weighted by molar-refractivity contribution is 5.79. The van der Waals surface area contributed by atoms with Crippen molar-refractivity contribution in [1.29, 1.82) is 0 Å². The molecular formula is C10H16N4. The van der Waals surface area contributed by atoms with Gasteiger partial charge in [-0.05, 0) is 26.3 Å². The molecule has 0 bridgehead atoms. The molecule has 0 radical (unpaired) electrons. The SMILES string of the molecule is CC=C(C)c1c(N)ncnc1NCC. The van der Waals surface area contributed by atoms with E-state index in [1.165, 1.54) is 6.33 Å². The Kier molecular flexibility index (Phi) is 3.45. The van der Waals surface area contributed by atoms with Crippen molar-refractivity contribution in [2.75, 3.05) is 17.6 Å². The number of nitrogens with two attached hydrogens (primary N) is 1. The Morgan fingerprint density at radius 1 is 1.57 bits per heavy atom. The smallest absolute Gasteiger partial charge is 0.139 e. The molecule has 4 heteroatoms. The number of allylic oxidation sites excluding steroid dienone is 2. The summed E-state index contributed by atoms with van der Waals surface area (Å²) in [6.07, 6.45) is 3.47. The lowest BCUT2D eigenvalue weighted by atomic mass is 10.1. The van der Waals surface area contributed by atoms with Gasteiger partial charge in [-0.25, -0.2) is 9.97 Å². The minimum atomic E-state index is 0.520. The number of nitrogens with one attached hydrogen (secondary N) is 1. The van der Waals surface area contributed by atoms with Crippen molar-refractivity contribution in [3.63, 3.8) is 0 Å². The van der Waals surface area contributed by atoms with E-state index >= 15 is 0 Å². The van der Waals surface area contributed by atoms with Crippen molar-refractivity contribution in [2.24, 2.45) is 0 Å². The summed E-state index contributed by atoms with van der Waals surface area (Å²) < 4.78 is 0. The lowest BCUT2D eigenvalue weighted by Gasteiger charge is -2.11. The van der Waals surface area contributed by atoms with E-state index in [9.17, 15) is 0 Å². The van der Waals surface area contributed by atoms with Crippen molar-refractivity contribution in [3.8, 4) is 0 Å². The van der Waals surface area contributed by atoms with Crippen molar-refractivity contribution in [1.82, 2.24) is 9.97 Å². The second kappa shape index (κ2) is 4.60. The first-order valence-corrected chi connectivity index (χ1v) is 4.68. The Morgan fingerprint density at radius 3 is 2.86 bits per heavy atom. The Balaban J connectivity index is 3.22. The maximum atomic E-state index is 5.80. The highest BCUT2D eigenvalue weighted by Crippen LogP contribution is 2.25. The molecule has 0 amide bonds. The fourth-order valence-electron chi connectivity index (χ4n) is 1.23. The molecule has 0 aliphatic carbocycles. The van der Waals surface area contributed by atoms with Crippen LogP contribution < -0.4 is 11.1 Å². The van der Waals surface area contributed by atoms with E-state index in [1.54, 1.807) is 0 Å². The molecule has 76 valence electrons. The summed E-state index contributed by atoms with van der Waals surface area (Å²) in [7, 11) is 0. The summed E-state index contributed by atoms with van der Waals surface area (Å²) in [5, 5.41) is 3.16. The van der Waals surface area contributed by atoms with Crippen LogP contribution in [0.2, 0.25) is 0 Å². The Morgan fingerprint density at radius 2 is 2.29 bits per heavy atom. The van der Waals surface area contributed by atoms with Gasteiger partial charge in [0.05, 0.1) is 5.56 Å². The van der Waals surface area contributed by atoms with Gasteiger partial charge in [0.15, 0.2) is 0 Å². The second-order valence-corrected chi connectivity index (χ2v) is 2.98. The quantitative estimate of drug-likeness (QED) is 0.768. The molecule has 0 aromatic carbocycles. The molecule has 14 heavy (non-hydrogen) atoms. The van der Waals surface area contributed by atoms with Crippen LogP contribution >= 0.6 is 0 Å². The van der Waals surface area contributed by atoms with Crippen LogP contribution in [0.4, 0.5) is 11.6 Å². The van der Waals surface area contributed by atoms with Gasteiger partial charge < -0.3 is 11.1 Å². The van der Waals surface area contributed by atoms with Gasteiger partial charge >= 0.3 is 0 Å². The summed E-state index contributed by atoms with van der Waals surface area (Å²) in [5.74, 6) is 1.32. The normalized spacial score (nSPS) is 11.5. The van der Waals surface area contributed by atoms with Crippen LogP contribution in [0.5, 0.6) is 0 Å². The van der Waals surface area contributed by atoms with Gasteiger partial charge in [-0.2, -0.15) is 0 Å². The average Bonchev–Trinajstić information content (AvgIpc) is 2.18. The van der Waals surface area contributed by atoms with Crippen LogP contribution in [-0.4, -0.2) is 16.5 Å². The number of hydrogen-bond donors (Lipinski definition) is 2. The van der Waals surface area contributed by atoms with Crippen LogP contribution in [0, 0.1) is 0 Å². The second-order valence-electron chi connectivity index (χ2n) is 2.98. The van der Waals surface area contributed by atoms with Crippen molar-refractivity contribution >= 4 is 17.2 Å². The summed E-state index contributed by atoms with van der Waals surface area (Å²) in [6.45, 7) is 6.81. The van der Waals surface area contributed by atoms with Gasteiger partial charge in [0.1, 0.15) is 18.0 Å². The van der Waals surface area contributed by atoms with Gasteiger partial charge in [0.25, 0.3) is 0 Å². The summed E-state index contributed by atoms with van der Waals surface area (Å²) >= 11 is 0. The first-order chi connectivity index (χ1) is 6.70. The molecule has 1 rings (SSSR count). The lowest BCUT2D eigenvalue weighted by molar-refractivity contribution is 1.10. The number of rotatable bonds is 3. The predicted molar refractivity (Wildman–Crippen MR) is 59.9 cm³/mol. The molecule has 0 atom stereocenters. The van der Waals surface area contributed by atoms with Crippen LogP contribution in [-0.2, 0) is 0 Å². The third-order valence-electron chi connectivity index (χ3n) is 2.05. The van der Waals surface area contributed by atoms with Crippen molar-refractivity contribution in [2.45, 2.75) is 20.8 Å². The zero-order chi connectivity index (χ0) is 10.6. The molecule has 0 unspecified atom stereocenters. The summed E-state index contributed by atoms with van der Waals surface area (Å²) in [5.41, 5.74) is 7.78. The van der Waals surface area contributed by atoms with Gasteiger partial charge in [0, 0.05) is 6.54 Å². The minimum absolute atomic E-state index is 0.520. The maximum absolute atomic E-state index is 5.80. The molecule has 1 aromatic rings.